The number of likely N-dealkylation sites (tertiary alicyclic amines) is 1. The average molecular weight is 403 g/mol. The zero-order valence-corrected chi connectivity index (χ0v) is 17.8. The van der Waals surface area contributed by atoms with Gasteiger partial charge in [-0.25, -0.2) is 9.37 Å². The highest BCUT2D eigenvalue weighted by molar-refractivity contribution is 6.56. The van der Waals surface area contributed by atoms with Crippen LogP contribution in [0.4, 0.5) is 10.2 Å². The Labute approximate surface area is 178 Å². The summed E-state index contributed by atoms with van der Waals surface area (Å²) >= 11 is 0. The molecule has 1 fully saturated rings. The molecule has 2 aromatic heterocycles. The van der Waals surface area contributed by atoms with Gasteiger partial charge in [0, 0.05) is 28.9 Å². The maximum absolute atomic E-state index is 14.7. The smallest absolute Gasteiger partial charge is 0.239 e. The number of carbonyl (C=O) groups excluding carboxylic acids is 1. The van der Waals surface area contributed by atoms with Gasteiger partial charge in [0.1, 0.15) is 35.2 Å². The van der Waals surface area contributed by atoms with E-state index in [4.69, 9.17) is 0 Å². The van der Waals surface area contributed by atoms with Crippen molar-refractivity contribution < 1.29 is 9.18 Å². The third kappa shape index (κ3) is 4.59. The van der Waals surface area contributed by atoms with Crippen molar-refractivity contribution in [1.29, 1.82) is 0 Å². The van der Waals surface area contributed by atoms with E-state index in [1.165, 1.54) is 12.5 Å². The molecule has 4 rings (SSSR count). The number of piperidine rings is 1. The first-order valence-corrected chi connectivity index (χ1v) is 10.5. The quantitative estimate of drug-likeness (QED) is 0.616. The minimum Gasteiger partial charge on any atom is -0.310 e. The van der Waals surface area contributed by atoms with Crippen molar-refractivity contribution in [2.24, 2.45) is 0 Å². The van der Waals surface area contributed by atoms with E-state index < -0.39 is 0 Å². The third-order valence-corrected chi connectivity index (χ3v) is 5.47. The van der Waals surface area contributed by atoms with Crippen molar-refractivity contribution in [2.45, 2.75) is 24.5 Å². The Bertz CT molecular complexity index is 1080. The molecule has 3 heterocycles. The van der Waals surface area contributed by atoms with Crippen LogP contribution in [0.1, 0.15) is 19.3 Å². The lowest BCUT2D eigenvalue weighted by Gasteiger charge is -2.25. The lowest BCUT2D eigenvalue weighted by molar-refractivity contribution is -0.117. The highest BCUT2D eigenvalue weighted by Crippen LogP contribution is 2.29. The summed E-state index contributed by atoms with van der Waals surface area (Å²) in [5, 5.41) is 8.58. The van der Waals surface area contributed by atoms with Crippen molar-refractivity contribution in [1.82, 2.24) is 19.7 Å². The molecule has 30 heavy (non-hydrogen) atoms. The third-order valence-electron chi connectivity index (χ3n) is 5.47. The molecule has 0 aliphatic carbocycles. The molecule has 10 heteroatoms. The van der Waals surface area contributed by atoms with Gasteiger partial charge in [0.25, 0.3) is 0 Å². The molecule has 3 aromatic rings. The topological polar surface area (TPSA) is 63.1 Å². The summed E-state index contributed by atoms with van der Waals surface area (Å²) in [5.41, 5.74) is 1.20. The number of anilines is 1. The fraction of sp³-hybridized carbons (Fsp3) is 0.350. The van der Waals surface area contributed by atoms with Crippen LogP contribution in [0.15, 0.2) is 36.8 Å². The van der Waals surface area contributed by atoms with Gasteiger partial charge in [-0.05, 0) is 54.8 Å². The number of amides is 1. The molecule has 152 valence electrons. The van der Waals surface area contributed by atoms with Gasteiger partial charge >= 0.3 is 0 Å². The van der Waals surface area contributed by atoms with E-state index in [2.05, 4.69) is 20.3 Å². The van der Waals surface area contributed by atoms with E-state index in [1.54, 1.807) is 24.5 Å². The molecular formula is C20H25B3FN5O. The molecule has 1 N–H and O–H groups in total. The lowest BCUT2D eigenvalue weighted by Crippen LogP contribution is -2.36. The maximum atomic E-state index is 14.7. The number of hydrogen-bond donors (Lipinski definition) is 1. The SMILES string of the molecule is BC(B)(B)n1cc(-c2cc3cc(NC(=O)CN4CCCCC4)ncc3cc2F)cn1. The predicted molar refractivity (Wildman–Crippen MR) is 125 cm³/mol. The Morgan fingerprint density at radius 2 is 1.87 bits per heavy atom. The number of fused-ring (bicyclic) bond motifs is 1. The minimum atomic E-state index is -0.320. The van der Waals surface area contributed by atoms with Crippen LogP contribution in [-0.4, -0.2) is 68.7 Å². The van der Waals surface area contributed by atoms with Gasteiger partial charge in [0.05, 0.1) is 12.7 Å². The van der Waals surface area contributed by atoms with Crippen LogP contribution in [0.5, 0.6) is 0 Å². The normalized spacial score (nSPS) is 15.4. The average Bonchev–Trinajstić information content (AvgIpc) is 3.19. The molecule has 0 bridgehead atoms. The van der Waals surface area contributed by atoms with Crippen molar-refractivity contribution >= 4 is 46.0 Å². The van der Waals surface area contributed by atoms with Crippen LogP contribution in [-0.2, 0) is 10.0 Å². The highest BCUT2D eigenvalue weighted by atomic mass is 19.1. The summed E-state index contributed by atoms with van der Waals surface area (Å²) < 4.78 is 16.6. The Hall–Kier alpha value is -2.61. The van der Waals surface area contributed by atoms with Crippen molar-refractivity contribution in [3.8, 4) is 11.1 Å². The second-order valence-corrected chi connectivity index (χ2v) is 8.98. The monoisotopic (exact) mass is 403 g/mol. The Kier molecular flexibility index (Phi) is 5.69. The van der Waals surface area contributed by atoms with E-state index >= 15 is 0 Å². The number of nitrogens with zero attached hydrogens (tertiary/aromatic N) is 4. The fourth-order valence-electron chi connectivity index (χ4n) is 3.79. The zero-order chi connectivity index (χ0) is 21.3. The number of benzene rings is 1. The van der Waals surface area contributed by atoms with Gasteiger partial charge < -0.3 is 5.32 Å². The van der Waals surface area contributed by atoms with Gasteiger partial charge in [-0.1, -0.05) is 6.42 Å². The zero-order valence-electron chi connectivity index (χ0n) is 17.8. The van der Waals surface area contributed by atoms with Crippen molar-refractivity contribution in [3.05, 3.63) is 42.6 Å². The van der Waals surface area contributed by atoms with Crippen LogP contribution in [0, 0.1) is 5.82 Å². The molecule has 0 unspecified atom stereocenters. The maximum Gasteiger partial charge on any atom is 0.239 e. The van der Waals surface area contributed by atoms with Gasteiger partial charge in [-0.3, -0.25) is 14.4 Å². The Morgan fingerprint density at radius 1 is 1.10 bits per heavy atom. The number of carbonyl (C=O) groups is 1. The molecule has 6 nitrogen and oxygen atoms in total. The Morgan fingerprint density at radius 3 is 2.57 bits per heavy atom. The molecule has 1 saturated heterocycles. The predicted octanol–water partition coefficient (Wildman–Crippen LogP) is 0.129. The summed E-state index contributed by atoms with van der Waals surface area (Å²) in [7, 11) is 6.14. The largest absolute Gasteiger partial charge is 0.310 e. The van der Waals surface area contributed by atoms with Crippen LogP contribution in [0.25, 0.3) is 21.9 Å². The first-order chi connectivity index (χ1) is 14.3. The first-order valence-electron chi connectivity index (χ1n) is 10.5. The van der Waals surface area contributed by atoms with Gasteiger partial charge in [-0.15, -0.1) is 0 Å². The fourth-order valence-corrected chi connectivity index (χ4v) is 3.79. The number of halogens is 1. The summed E-state index contributed by atoms with van der Waals surface area (Å²) in [6.07, 6.45) is 8.64. The second kappa shape index (κ2) is 8.26. The van der Waals surface area contributed by atoms with Gasteiger partial charge in [0.15, 0.2) is 0 Å². The van der Waals surface area contributed by atoms with Crippen molar-refractivity contribution in [3.63, 3.8) is 0 Å². The molecule has 1 aliphatic rings. The van der Waals surface area contributed by atoms with E-state index in [0.29, 0.717) is 23.3 Å². The Balaban J connectivity index is 1.56. The van der Waals surface area contributed by atoms with Gasteiger partial charge in [0.2, 0.25) is 5.91 Å². The first kappa shape index (κ1) is 20.7. The second-order valence-electron chi connectivity index (χ2n) is 8.98. The molecule has 0 saturated carbocycles. The molecular weight excluding hydrogens is 378 g/mol. The number of aromatic nitrogens is 3. The number of hydrogen-bond acceptors (Lipinski definition) is 4. The molecule has 0 radical (unpaired) electrons. The number of rotatable bonds is 5. The molecule has 1 aliphatic heterocycles. The molecule has 1 amide bonds. The molecule has 1 aromatic carbocycles. The summed E-state index contributed by atoms with van der Waals surface area (Å²) in [6.45, 7) is 2.30. The van der Waals surface area contributed by atoms with Crippen molar-refractivity contribution in [2.75, 3.05) is 25.0 Å². The van der Waals surface area contributed by atoms with Gasteiger partial charge in [-0.2, -0.15) is 5.10 Å². The lowest BCUT2D eigenvalue weighted by atomic mass is 9.49. The van der Waals surface area contributed by atoms with E-state index in [0.717, 1.165) is 36.9 Å². The summed E-state index contributed by atoms with van der Waals surface area (Å²) in [5.74, 6) is 0.0876. The van der Waals surface area contributed by atoms with E-state index in [9.17, 15) is 9.18 Å². The van der Waals surface area contributed by atoms with E-state index in [1.807, 2.05) is 34.4 Å². The van der Waals surface area contributed by atoms with Crippen LogP contribution in [0.2, 0.25) is 0 Å². The summed E-state index contributed by atoms with van der Waals surface area (Å²) in [6, 6.07) is 5.06. The highest BCUT2D eigenvalue weighted by Gasteiger charge is 2.17. The van der Waals surface area contributed by atoms with E-state index in [-0.39, 0.29) is 17.0 Å². The standard InChI is InChI=1S/C20H25B3FN5O/c21-20(22,23)29-11-15(10-26-29)16-6-13-8-18(25-9-14(13)7-17(16)24)27-19(30)12-28-4-2-1-3-5-28/h6-11H,1-5,12,21-23H2,(H,25,27,30). The van der Waals surface area contributed by atoms with Crippen LogP contribution >= 0.6 is 0 Å². The van der Waals surface area contributed by atoms with Crippen LogP contribution < -0.4 is 5.32 Å². The number of pyridine rings is 1. The number of nitrogens with one attached hydrogen (secondary N) is 1. The minimum absolute atomic E-state index is 0.0717. The summed E-state index contributed by atoms with van der Waals surface area (Å²) in [4.78, 5) is 18.8. The van der Waals surface area contributed by atoms with Crippen LogP contribution in [0.3, 0.4) is 0 Å². The molecule has 0 atom stereocenters. The molecule has 0 spiro atoms.